The first-order valence-electron chi connectivity index (χ1n) is 5.32. The lowest BCUT2D eigenvalue weighted by Crippen LogP contribution is -2.16. The first kappa shape index (κ1) is 12.4. The second-order valence-electron chi connectivity index (χ2n) is 3.69. The molecule has 18 heavy (non-hydrogen) atoms. The van der Waals surface area contributed by atoms with Gasteiger partial charge in [-0.2, -0.15) is 5.10 Å². The van der Waals surface area contributed by atoms with Gasteiger partial charge in [0.1, 0.15) is 10.7 Å². The minimum absolute atomic E-state index is 0.203. The number of nitrogens with one attached hydrogen (secondary N) is 2. The lowest BCUT2D eigenvalue weighted by Gasteiger charge is -2.11. The van der Waals surface area contributed by atoms with Crippen molar-refractivity contribution in [3.05, 3.63) is 36.5 Å². The lowest BCUT2D eigenvalue weighted by atomic mass is 10.3. The highest BCUT2D eigenvalue weighted by Crippen LogP contribution is 2.22. The average molecular weight is 266 g/mol. The van der Waals surface area contributed by atoms with Crippen LogP contribution in [0.1, 0.15) is 0 Å². The highest BCUT2D eigenvalue weighted by Gasteiger charge is 2.18. The van der Waals surface area contributed by atoms with Gasteiger partial charge in [0.25, 0.3) is 10.0 Å². The number of anilines is 2. The molecule has 0 bridgehead atoms. The number of hydrogen-bond donors (Lipinski definition) is 2. The van der Waals surface area contributed by atoms with Crippen LogP contribution in [0.15, 0.2) is 41.4 Å². The molecule has 2 aromatic rings. The molecule has 0 atom stereocenters. The van der Waals surface area contributed by atoms with Crippen molar-refractivity contribution in [2.45, 2.75) is 4.90 Å². The number of rotatable bonds is 4. The van der Waals surface area contributed by atoms with Crippen LogP contribution in [0.25, 0.3) is 0 Å². The summed E-state index contributed by atoms with van der Waals surface area (Å²) in [6.45, 7) is 0. The summed E-state index contributed by atoms with van der Waals surface area (Å²) in [7, 11) is -0.274. The van der Waals surface area contributed by atoms with Crippen LogP contribution in [0.5, 0.6) is 0 Å². The zero-order valence-corrected chi connectivity index (χ0v) is 10.9. The van der Waals surface area contributed by atoms with Crippen LogP contribution in [0.2, 0.25) is 0 Å². The number of aromatic nitrogens is 2. The molecular weight excluding hydrogens is 252 g/mol. The molecule has 0 spiro atoms. The van der Waals surface area contributed by atoms with E-state index >= 15 is 0 Å². The summed E-state index contributed by atoms with van der Waals surface area (Å²) in [5.74, 6) is 0.418. The third-order valence-corrected chi connectivity index (χ3v) is 3.92. The number of sulfonamides is 1. The van der Waals surface area contributed by atoms with Gasteiger partial charge < -0.3 is 5.32 Å². The predicted octanol–water partition coefficient (Wildman–Crippen LogP) is 1.26. The van der Waals surface area contributed by atoms with E-state index in [2.05, 4.69) is 15.1 Å². The standard InChI is InChI=1S/C11H14N4O2S/c1-12-9-5-3-4-6-10(9)18(16,17)14-11-7-8-13-15(11)2/h3-8,12,14H,1-2H3. The van der Waals surface area contributed by atoms with E-state index in [-0.39, 0.29) is 4.90 Å². The number of hydrogen-bond acceptors (Lipinski definition) is 4. The van der Waals surface area contributed by atoms with Gasteiger partial charge in [0.2, 0.25) is 0 Å². The van der Waals surface area contributed by atoms with E-state index in [0.717, 1.165) is 0 Å². The Morgan fingerprint density at radius 2 is 1.94 bits per heavy atom. The number of nitrogens with zero attached hydrogens (tertiary/aromatic N) is 2. The van der Waals surface area contributed by atoms with E-state index in [1.165, 1.54) is 10.9 Å². The number of benzene rings is 1. The molecular formula is C11H14N4O2S. The molecule has 0 fully saturated rings. The summed E-state index contributed by atoms with van der Waals surface area (Å²) in [5.41, 5.74) is 0.548. The third-order valence-electron chi connectivity index (χ3n) is 2.51. The normalized spacial score (nSPS) is 11.2. The maximum atomic E-state index is 12.2. The first-order chi connectivity index (χ1) is 8.54. The van der Waals surface area contributed by atoms with Gasteiger partial charge in [-0.1, -0.05) is 12.1 Å². The molecule has 2 N–H and O–H groups in total. The quantitative estimate of drug-likeness (QED) is 0.873. The third kappa shape index (κ3) is 2.30. The molecule has 7 heteroatoms. The van der Waals surface area contributed by atoms with Crippen molar-refractivity contribution < 1.29 is 8.42 Å². The van der Waals surface area contributed by atoms with Crippen LogP contribution in [-0.2, 0) is 17.1 Å². The van der Waals surface area contributed by atoms with E-state index in [1.54, 1.807) is 44.4 Å². The second-order valence-corrected chi connectivity index (χ2v) is 5.34. The monoisotopic (exact) mass is 266 g/mol. The van der Waals surface area contributed by atoms with E-state index < -0.39 is 10.0 Å². The van der Waals surface area contributed by atoms with Crippen molar-refractivity contribution >= 4 is 21.5 Å². The SMILES string of the molecule is CNc1ccccc1S(=O)(=O)Nc1ccnn1C. The second kappa shape index (κ2) is 4.69. The number of aryl methyl sites for hydroxylation is 1. The van der Waals surface area contributed by atoms with Gasteiger partial charge in [-0.25, -0.2) is 8.42 Å². The van der Waals surface area contributed by atoms with Crippen molar-refractivity contribution in [2.24, 2.45) is 7.05 Å². The predicted molar refractivity (Wildman–Crippen MR) is 70.0 cm³/mol. The van der Waals surface area contributed by atoms with E-state index in [4.69, 9.17) is 0 Å². The topological polar surface area (TPSA) is 76.0 Å². The number of para-hydroxylation sites is 1. The van der Waals surface area contributed by atoms with Crippen LogP contribution in [0, 0.1) is 0 Å². The van der Waals surface area contributed by atoms with Crippen molar-refractivity contribution in [3.8, 4) is 0 Å². The summed E-state index contributed by atoms with van der Waals surface area (Å²) in [6.07, 6.45) is 1.53. The Kier molecular flexibility index (Phi) is 3.24. The van der Waals surface area contributed by atoms with Gasteiger partial charge in [-0.3, -0.25) is 9.40 Å². The highest BCUT2D eigenvalue weighted by molar-refractivity contribution is 7.92. The molecule has 1 heterocycles. The highest BCUT2D eigenvalue weighted by atomic mass is 32.2. The molecule has 1 aromatic heterocycles. The Morgan fingerprint density at radius 3 is 2.56 bits per heavy atom. The molecule has 6 nitrogen and oxygen atoms in total. The molecule has 0 aliphatic heterocycles. The van der Waals surface area contributed by atoms with Gasteiger partial charge in [0, 0.05) is 20.2 Å². The van der Waals surface area contributed by atoms with Crippen molar-refractivity contribution in [1.82, 2.24) is 9.78 Å². The summed E-state index contributed by atoms with van der Waals surface area (Å²) >= 11 is 0. The minimum atomic E-state index is -3.62. The summed E-state index contributed by atoms with van der Waals surface area (Å²) < 4.78 is 28.4. The van der Waals surface area contributed by atoms with Crippen LogP contribution in [-0.4, -0.2) is 25.2 Å². The lowest BCUT2D eigenvalue weighted by molar-refractivity contribution is 0.600. The smallest absolute Gasteiger partial charge is 0.265 e. The zero-order valence-electron chi connectivity index (χ0n) is 10.1. The Balaban J connectivity index is 2.40. The fraction of sp³-hybridized carbons (Fsp3) is 0.182. The van der Waals surface area contributed by atoms with E-state index in [9.17, 15) is 8.42 Å². The fourth-order valence-corrected chi connectivity index (χ4v) is 2.88. The Bertz CT molecular complexity index is 649. The van der Waals surface area contributed by atoms with Crippen LogP contribution < -0.4 is 10.0 Å². The summed E-state index contributed by atoms with van der Waals surface area (Å²) in [4.78, 5) is 0.203. The molecule has 96 valence electrons. The van der Waals surface area contributed by atoms with Gasteiger partial charge in [-0.15, -0.1) is 0 Å². The molecule has 2 rings (SSSR count). The first-order valence-corrected chi connectivity index (χ1v) is 6.80. The maximum Gasteiger partial charge on any atom is 0.265 e. The minimum Gasteiger partial charge on any atom is -0.387 e. The largest absolute Gasteiger partial charge is 0.387 e. The van der Waals surface area contributed by atoms with Crippen LogP contribution >= 0.6 is 0 Å². The molecule has 0 amide bonds. The molecule has 0 saturated heterocycles. The Morgan fingerprint density at radius 1 is 1.22 bits per heavy atom. The Labute approximate surface area is 106 Å². The van der Waals surface area contributed by atoms with E-state index in [0.29, 0.717) is 11.5 Å². The molecule has 0 saturated carbocycles. The summed E-state index contributed by atoms with van der Waals surface area (Å²) in [5, 5.41) is 6.77. The van der Waals surface area contributed by atoms with Gasteiger partial charge in [0.05, 0.1) is 11.9 Å². The van der Waals surface area contributed by atoms with E-state index in [1.807, 2.05) is 0 Å². The zero-order chi connectivity index (χ0) is 13.2. The van der Waals surface area contributed by atoms with Crippen LogP contribution in [0.3, 0.4) is 0 Å². The average Bonchev–Trinajstić information content (AvgIpc) is 2.74. The molecule has 0 aliphatic rings. The summed E-state index contributed by atoms with van der Waals surface area (Å²) in [6, 6.07) is 8.30. The van der Waals surface area contributed by atoms with Gasteiger partial charge in [-0.05, 0) is 12.1 Å². The van der Waals surface area contributed by atoms with Crippen molar-refractivity contribution in [1.29, 1.82) is 0 Å². The van der Waals surface area contributed by atoms with Crippen LogP contribution in [0.4, 0.5) is 11.5 Å². The Hall–Kier alpha value is -2.02. The maximum absolute atomic E-state index is 12.2. The van der Waals surface area contributed by atoms with Gasteiger partial charge >= 0.3 is 0 Å². The van der Waals surface area contributed by atoms with Gasteiger partial charge in [0.15, 0.2) is 0 Å². The molecule has 0 radical (unpaired) electrons. The molecule has 0 unspecified atom stereocenters. The molecule has 0 aliphatic carbocycles. The van der Waals surface area contributed by atoms with Crippen molar-refractivity contribution in [3.63, 3.8) is 0 Å². The van der Waals surface area contributed by atoms with Crippen molar-refractivity contribution in [2.75, 3.05) is 17.1 Å². The molecule has 1 aromatic carbocycles. The fourth-order valence-electron chi connectivity index (χ4n) is 1.57.